The SMILES string of the molecule is COC(=O)C(O)C(O)c1ccc(C#N)c([N+](=O)[O-])c1. The molecule has 0 amide bonds. The Morgan fingerprint density at radius 2 is 2.16 bits per heavy atom. The normalized spacial score (nSPS) is 13.2. The molecule has 1 rings (SSSR count). The van der Waals surface area contributed by atoms with Crippen LogP contribution in [0.1, 0.15) is 17.2 Å². The molecule has 0 saturated heterocycles. The van der Waals surface area contributed by atoms with Gasteiger partial charge in [-0.05, 0) is 11.6 Å². The number of carbonyl (C=O) groups is 1. The summed E-state index contributed by atoms with van der Waals surface area (Å²) in [6.45, 7) is 0. The van der Waals surface area contributed by atoms with Gasteiger partial charge in [-0.15, -0.1) is 0 Å². The van der Waals surface area contributed by atoms with Crippen LogP contribution >= 0.6 is 0 Å². The number of nitro benzene ring substituents is 1. The average molecular weight is 266 g/mol. The molecule has 1 aromatic rings. The number of methoxy groups -OCH3 is 1. The fourth-order valence-electron chi connectivity index (χ4n) is 1.41. The first-order valence-corrected chi connectivity index (χ1v) is 5.04. The van der Waals surface area contributed by atoms with Crippen molar-refractivity contribution in [3.63, 3.8) is 0 Å². The van der Waals surface area contributed by atoms with Crippen LogP contribution in [0.3, 0.4) is 0 Å². The fourth-order valence-corrected chi connectivity index (χ4v) is 1.41. The van der Waals surface area contributed by atoms with Crippen LogP contribution in [0.4, 0.5) is 5.69 Å². The van der Waals surface area contributed by atoms with Gasteiger partial charge in [-0.3, -0.25) is 10.1 Å². The molecule has 2 atom stereocenters. The molecule has 0 radical (unpaired) electrons. The predicted molar refractivity (Wildman–Crippen MR) is 60.8 cm³/mol. The zero-order valence-electron chi connectivity index (χ0n) is 9.81. The van der Waals surface area contributed by atoms with Gasteiger partial charge in [-0.1, -0.05) is 6.07 Å². The number of nitriles is 1. The van der Waals surface area contributed by atoms with Gasteiger partial charge in [0.05, 0.1) is 12.0 Å². The van der Waals surface area contributed by atoms with Crippen molar-refractivity contribution in [1.82, 2.24) is 0 Å². The molecule has 0 aliphatic heterocycles. The Morgan fingerprint density at radius 1 is 1.53 bits per heavy atom. The molecule has 0 aliphatic rings. The molecule has 8 nitrogen and oxygen atoms in total. The third-order valence-corrected chi connectivity index (χ3v) is 2.42. The number of nitro groups is 1. The summed E-state index contributed by atoms with van der Waals surface area (Å²) in [5, 5.41) is 38.6. The molecule has 19 heavy (non-hydrogen) atoms. The van der Waals surface area contributed by atoms with Crippen molar-refractivity contribution in [2.45, 2.75) is 12.2 Å². The Morgan fingerprint density at radius 3 is 2.63 bits per heavy atom. The topological polar surface area (TPSA) is 134 Å². The molecule has 100 valence electrons. The van der Waals surface area contributed by atoms with Crippen LogP contribution in [0, 0.1) is 21.4 Å². The number of ether oxygens (including phenoxy) is 1. The second-order valence-corrected chi connectivity index (χ2v) is 3.56. The van der Waals surface area contributed by atoms with E-state index >= 15 is 0 Å². The molecular weight excluding hydrogens is 256 g/mol. The highest BCUT2D eigenvalue weighted by atomic mass is 16.6. The highest BCUT2D eigenvalue weighted by molar-refractivity contribution is 5.75. The van der Waals surface area contributed by atoms with Gasteiger partial charge in [0, 0.05) is 6.07 Å². The number of rotatable bonds is 4. The molecule has 0 aromatic heterocycles. The lowest BCUT2D eigenvalue weighted by molar-refractivity contribution is -0.385. The summed E-state index contributed by atoms with van der Waals surface area (Å²) in [4.78, 5) is 21.0. The maximum absolute atomic E-state index is 11.1. The minimum Gasteiger partial charge on any atom is -0.467 e. The first-order valence-electron chi connectivity index (χ1n) is 5.04. The van der Waals surface area contributed by atoms with Crippen LogP contribution in [-0.4, -0.2) is 34.3 Å². The molecule has 0 heterocycles. The zero-order valence-corrected chi connectivity index (χ0v) is 9.81. The van der Waals surface area contributed by atoms with E-state index in [0.717, 1.165) is 19.2 Å². The van der Waals surface area contributed by atoms with E-state index in [-0.39, 0.29) is 11.1 Å². The van der Waals surface area contributed by atoms with E-state index in [1.54, 1.807) is 6.07 Å². The fraction of sp³-hybridized carbons (Fsp3) is 0.273. The van der Waals surface area contributed by atoms with E-state index in [4.69, 9.17) is 5.26 Å². The Labute approximate surface area is 107 Å². The summed E-state index contributed by atoms with van der Waals surface area (Å²) in [5.74, 6) is -1.07. The summed E-state index contributed by atoms with van der Waals surface area (Å²) >= 11 is 0. The lowest BCUT2D eigenvalue weighted by Crippen LogP contribution is -2.29. The standard InChI is InChI=1S/C11H10N2O6/c1-19-11(16)10(15)9(14)6-2-3-7(5-12)8(4-6)13(17)18/h2-4,9-10,14-15H,1H3. The van der Waals surface area contributed by atoms with Gasteiger partial charge in [0.2, 0.25) is 0 Å². The van der Waals surface area contributed by atoms with Gasteiger partial charge in [0.15, 0.2) is 6.10 Å². The number of aliphatic hydroxyl groups is 2. The average Bonchev–Trinajstić information content (AvgIpc) is 2.43. The molecule has 2 unspecified atom stereocenters. The van der Waals surface area contributed by atoms with Crippen LogP contribution in [0.5, 0.6) is 0 Å². The number of benzene rings is 1. The van der Waals surface area contributed by atoms with Gasteiger partial charge in [-0.2, -0.15) is 5.26 Å². The monoisotopic (exact) mass is 266 g/mol. The van der Waals surface area contributed by atoms with E-state index in [1.807, 2.05) is 0 Å². The maximum atomic E-state index is 11.1. The second kappa shape index (κ2) is 5.90. The maximum Gasteiger partial charge on any atom is 0.337 e. The molecule has 0 saturated carbocycles. The summed E-state index contributed by atoms with van der Waals surface area (Å²) in [5.41, 5.74) is -0.770. The van der Waals surface area contributed by atoms with Crippen LogP contribution in [-0.2, 0) is 9.53 Å². The van der Waals surface area contributed by atoms with Crippen molar-refractivity contribution in [1.29, 1.82) is 5.26 Å². The van der Waals surface area contributed by atoms with E-state index in [1.165, 1.54) is 6.07 Å². The highest BCUT2D eigenvalue weighted by Gasteiger charge is 2.28. The molecule has 0 aliphatic carbocycles. The van der Waals surface area contributed by atoms with Crippen LogP contribution in [0.15, 0.2) is 18.2 Å². The summed E-state index contributed by atoms with van der Waals surface area (Å²) in [6, 6.07) is 4.89. The molecule has 0 spiro atoms. The van der Waals surface area contributed by atoms with Gasteiger partial charge in [-0.25, -0.2) is 4.79 Å². The van der Waals surface area contributed by atoms with Crippen molar-refractivity contribution in [2.24, 2.45) is 0 Å². The third kappa shape index (κ3) is 3.04. The molecule has 0 fully saturated rings. The first-order chi connectivity index (χ1) is 8.92. The van der Waals surface area contributed by atoms with Crippen LogP contribution < -0.4 is 0 Å². The van der Waals surface area contributed by atoms with E-state index in [0.29, 0.717) is 0 Å². The van der Waals surface area contributed by atoms with Gasteiger partial charge in [0.1, 0.15) is 17.7 Å². The first kappa shape index (κ1) is 14.6. The largest absolute Gasteiger partial charge is 0.467 e. The van der Waals surface area contributed by atoms with Crippen molar-refractivity contribution in [2.75, 3.05) is 7.11 Å². The van der Waals surface area contributed by atoms with E-state index < -0.39 is 28.8 Å². The summed E-state index contributed by atoms with van der Waals surface area (Å²) in [6.07, 6.45) is -3.54. The molecular formula is C11H10N2O6. The number of esters is 1. The molecule has 2 N–H and O–H groups in total. The molecule has 1 aromatic carbocycles. The molecule has 8 heteroatoms. The quantitative estimate of drug-likeness (QED) is 0.446. The van der Waals surface area contributed by atoms with E-state index in [9.17, 15) is 25.1 Å². The lowest BCUT2D eigenvalue weighted by atomic mass is 10.0. The summed E-state index contributed by atoms with van der Waals surface area (Å²) < 4.78 is 4.24. The number of hydrogen-bond acceptors (Lipinski definition) is 7. The highest BCUT2D eigenvalue weighted by Crippen LogP contribution is 2.25. The minimum absolute atomic E-state index is 0.0661. The zero-order chi connectivity index (χ0) is 14.6. The van der Waals surface area contributed by atoms with E-state index in [2.05, 4.69) is 4.74 Å². The Bertz CT molecular complexity index is 551. The molecule has 0 bridgehead atoms. The predicted octanol–water partition coefficient (Wildman–Crippen LogP) is 0.0338. The van der Waals surface area contributed by atoms with Crippen molar-refractivity contribution >= 4 is 11.7 Å². The summed E-state index contributed by atoms with van der Waals surface area (Å²) in [7, 11) is 1.03. The third-order valence-electron chi connectivity index (χ3n) is 2.42. The van der Waals surface area contributed by atoms with Gasteiger partial charge < -0.3 is 14.9 Å². The Kier molecular flexibility index (Phi) is 4.52. The van der Waals surface area contributed by atoms with Crippen molar-refractivity contribution in [3.8, 4) is 6.07 Å². The van der Waals surface area contributed by atoms with Crippen LogP contribution in [0.2, 0.25) is 0 Å². The smallest absolute Gasteiger partial charge is 0.337 e. The van der Waals surface area contributed by atoms with Gasteiger partial charge in [0.25, 0.3) is 5.69 Å². The Hall–Kier alpha value is -2.50. The van der Waals surface area contributed by atoms with Crippen molar-refractivity contribution < 1.29 is 24.7 Å². The number of nitrogens with zero attached hydrogens (tertiary/aromatic N) is 2. The number of aliphatic hydroxyl groups excluding tert-OH is 2. The lowest BCUT2D eigenvalue weighted by Gasteiger charge is -2.15. The number of carbonyl (C=O) groups excluding carboxylic acids is 1. The van der Waals surface area contributed by atoms with Gasteiger partial charge >= 0.3 is 5.97 Å². The Balaban J connectivity index is 3.16. The van der Waals surface area contributed by atoms with Crippen LogP contribution in [0.25, 0.3) is 0 Å². The second-order valence-electron chi connectivity index (χ2n) is 3.56. The minimum atomic E-state index is -1.86. The number of hydrogen-bond donors (Lipinski definition) is 2. The van der Waals surface area contributed by atoms with Crippen molar-refractivity contribution in [3.05, 3.63) is 39.4 Å².